The first-order valence-electron chi connectivity index (χ1n) is 10.2. The predicted octanol–water partition coefficient (Wildman–Crippen LogP) is 6.17. The molecule has 0 spiro atoms. The van der Waals surface area contributed by atoms with Gasteiger partial charge in [-0.15, -0.1) is 0 Å². The number of hydrazone groups is 1. The van der Waals surface area contributed by atoms with Crippen molar-refractivity contribution in [1.29, 1.82) is 0 Å². The first-order valence-corrected chi connectivity index (χ1v) is 11.8. The highest BCUT2D eigenvalue weighted by atomic mass is 79.9. The van der Waals surface area contributed by atoms with E-state index in [1.807, 2.05) is 24.3 Å². The standard InChI is InChI=1S/C24H30Br2N2O4/c1-14-17(21(30)20(26)22(31)19(14)25)11-27-28-18(29)12-32-16-9-7-15(8-10-16)24(5,6)13-23(2,3)4/h7-11,30-31H,12-13H2,1-6H3,(H,28,29). The zero-order valence-electron chi connectivity index (χ0n) is 19.2. The topological polar surface area (TPSA) is 91.1 Å². The molecule has 174 valence electrons. The van der Waals surface area contributed by atoms with E-state index in [-0.39, 0.29) is 33.4 Å². The highest BCUT2D eigenvalue weighted by molar-refractivity contribution is 9.11. The number of carbonyl (C=O) groups is 1. The lowest BCUT2D eigenvalue weighted by Crippen LogP contribution is -2.25. The van der Waals surface area contributed by atoms with Crippen LogP contribution in [0.15, 0.2) is 38.3 Å². The van der Waals surface area contributed by atoms with Crippen LogP contribution in [-0.4, -0.2) is 28.9 Å². The summed E-state index contributed by atoms with van der Waals surface area (Å²) >= 11 is 6.38. The number of phenols is 2. The molecule has 0 bridgehead atoms. The van der Waals surface area contributed by atoms with Crippen LogP contribution in [0.1, 0.15) is 57.7 Å². The van der Waals surface area contributed by atoms with Crippen LogP contribution in [-0.2, 0) is 10.2 Å². The van der Waals surface area contributed by atoms with Gasteiger partial charge in [-0.3, -0.25) is 4.79 Å². The van der Waals surface area contributed by atoms with E-state index in [0.29, 0.717) is 21.3 Å². The number of rotatable bonds is 7. The lowest BCUT2D eigenvalue weighted by Gasteiger charge is -2.33. The van der Waals surface area contributed by atoms with E-state index < -0.39 is 5.91 Å². The minimum atomic E-state index is -0.438. The van der Waals surface area contributed by atoms with Crippen molar-refractivity contribution in [2.75, 3.05) is 6.61 Å². The molecule has 0 unspecified atom stereocenters. The van der Waals surface area contributed by atoms with Gasteiger partial charge in [0, 0.05) is 5.56 Å². The van der Waals surface area contributed by atoms with Crippen molar-refractivity contribution in [3.8, 4) is 17.2 Å². The Kier molecular flexibility index (Phi) is 8.39. The number of ether oxygens (including phenoxy) is 1. The number of amides is 1. The van der Waals surface area contributed by atoms with Crippen molar-refractivity contribution >= 4 is 44.0 Å². The van der Waals surface area contributed by atoms with Crippen LogP contribution in [0.3, 0.4) is 0 Å². The molecule has 0 atom stereocenters. The second-order valence-electron chi connectivity index (χ2n) is 9.59. The van der Waals surface area contributed by atoms with Crippen molar-refractivity contribution in [3.05, 3.63) is 49.9 Å². The summed E-state index contributed by atoms with van der Waals surface area (Å²) in [5, 5.41) is 24.0. The molecule has 0 saturated heterocycles. The fraction of sp³-hybridized carbons (Fsp3) is 0.417. The average molecular weight is 570 g/mol. The normalized spacial score (nSPS) is 12.2. The molecule has 0 aliphatic rings. The summed E-state index contributed by atoms with van der Waals surface area (Å²) in [6, 6.07) is 7.79. The Balaban J connectivity index is 1.96. The number of nitrogens with zero attached hydrogens (tertiary/aromatic N) is 1. The molecule has 2 aromatic carbocycles. The summed E-state index contributed by atoms with van der Waals surface area (Å²) in [7, 11) is 0. The van der Waals surface area contributed by atoms with Crippen molar-refractivity contribution < 1.29 is 19.7 Å². The Morgan fingerprint density at radius 2 is 1.66 bits per heavy atom. The minimum absolute atomic E-state index is 0.0325. The molecule has 32 heavy (non-hydrogen) atoms. The number of benzene rings is 2. The molecule has 0 radical (unpaired) electrons. The van der Waals surface area contributed by atoms with Crippen molar-refractivity contribution in [1.82, 2.24) is 5.43 Å². The summed E-state index contributed by atoms with van der Waals surface area (Å²) < 4.78 is 6.12. The van der Waals surface area contributed by atoms with Gasteiger partial charge in [0.1, 0.15) is 21.7 Å². The highest BCUT2D eigenvalue weighted by Crippen LogP contribution is 2.43. The third-order valence-electron chi connectivity index (χ3n) is 4.97. The maximum absolute atomic E-state index is 12.1. The van der Waals surface area contributed by atoms with Crippen LogP contribution in [0.4, 0.5) is 0 Å². The lowest BCUT2D eigenvalue weighted by molar-refractivity contribution is -0.123. The highest BCUT2D eigenvalue weighted by Gasteiger charge is 2.27. The van der Waals surface area contributed by atoms with E-state index in [1.54, 1.807) is 6.92 Å². The van der Waals surface area contributed by atoms with Gasteiger partial charge in [0.15, 0.2) is 6.61 Å². The Morgan fingerprint density at radius 3 is 2.22 bits per heavy atom. The van der Waals surface area contributed by atoms with E-state index in [0.717, 1.165) is 6.42 Å². The molecule has 0 aliphatic carbocycles. The molecule has 3 N–H and O–H groups in total. The lowest BCUT2D eigenvalue weighted by atomic mass is 9.72. The number of phenolic OH excluding ortho intramolecular Hbond substituents is 2. The molecular weight excluding hydrogens is 540 g/mol. The van der Waals surface area contributed by atoms with Crippen molar-refractivity contribution in [3.63, 3.8) is 0 Å². The summed E-state index contributed by atoms with van der Waals surface area (Å²) in [6.45, 7) is 12.7. The molecule has 0 saturated carbocycles. The summed E-state index contributed by atoms with van der Waals surface area (Å²) in [5.41, 5.74) is 4.78. The summed E-state index contributed by atoms with van der Waals surface area (Å²) in [5.74, 6) is -0.124. The van der Waals surface area contributed by atoms with Gasteiger partial charge < -0.3 is 14.9 Å². The Morgan fingerprint density at radius 1 is 1.06 bits per heavy atom. The smallest absolute Gasteiger partial charge is 0.277 e. The second-order valence-corrected chi connectivity index (χ2v) is 11.2. The minimum Gasteiger partial charge on any atom is -0.506 e. The van der Waals surface area contributed by atoms with Crippen LogP contribution in [0.5, 0.6) is 17.2 Å². The monoisotopic (exact) mass is 568 g/mol. The van der Waals surface area contributed by atoms with Gasteiger partial charge in [0.05, 0.1) is 10.7 Å². The third-order valence-corrected chi connectivity index (χ3v) is 6.69. The van der Waals surface area contributed by atoms with E-state index in [1.165, 1.54) is 11.8 Å². The van der Waals surface area contributed by atoms with E-state index in [2.05, 4.69) is 77.0 Å². The van der Waals surface area contributed by atoms with Gasteiger partial charge in [-0.25, -0.2) is 5.43 Å². The number of aromatic hydroxyl groups is 2. The van der Waals surface area contributed by atoms with Gasteiger partial charge >= 0.3 is 0 Å². The van der Waals surface area contributed by atoms with Gasteiger partial charge in [0.25, 0.3) is 5.91 Å². The molecule has 6 nitrogen and oxygen atoms in total. The first kappa shape index (κ1) is 26.2. The van der Waals surface area contributed by atoms with Gasteiger partial charge in [-0.05, 0) is 79.3 Å². The quantitative estimate of drug-likeness (QED) is 0.274. The van der Waals surface area contributed by atoms with Gasteiger partial charge in [-0.1, -0.05) is 46.8 Å². The van der Waals surface area contributed by atoms with Crippen LogP contribution in [0.25, 0.3) is 0 Å². The van der Waals surface area contributed by atoms with Crippen LogP contribution in [0, 0.1) is 12.3 Å². The third kappa shape index (κ3) is 6.72. The fourth-order valence-electron chi connectivity index (χ4n) is 3.74. The summed E-state index contributed by atoms with van der Waals surface area (Å²) in [6.07, 6.45) is 2.35. The van der Waals surface area contributed by atoms with Crippen LogP contribution >= 0.6 is 31.9 Å². The Bertz CT molecular complexity index is 981. The molecule has 2 rings (SSSR count). The first-order chi connectivity index (χ1) is 14.7. The fourth-order valence-corrected chi connectivity index (χ4v) is 4.83. The van der Waals surface area contributed by atoms with Crippen LogP contribution < -0.4 is 10.2 Å². The predicted molar refractivity (Wildman–Crippen MR) is 135 cm³/mol. The van der Waals surface area contributed by atoms with Crippen molar-refractivity contribution in [2.45, 2.75) is 53.4 Å². The number of halogens is 2. The Hall–Kier alpha value is -2.06. The molecule has 2 aromatic rings. The molecule has 0 fully saturated rings. The molecule has 0 heterocycles. The van der Waals surface area contributed by atoms with E-state index in [9.17, 15) is 15.0 Å². The van der Waals surface area contributed by atoms with E-state index in [4.69, 9.17) is 4.74 Å². The zero-order valence-corrected chi connectivity index (χ0v) is 22.4. The number of carbonyl (C=O) groups excluding carboxylic acids is 1. The van der Waals surface area contributed by atoms with Crippen LogP contribution in [0.2, 0.25) is 0 Å². The number of hydrogen-bond acceptors (Lipinski definition) is 5. The second kappa shape index (κ2) is 10.3. The molecular formula is C24H30Br2N2O4. The average Bonchev–Trinajstić information content (AvgIpc) is 2.70. The number of hydrogen-bond donors (Lipinski definition) is 3. The van der Waals surface area contributed by atoms with Crippen molar-refractivity contribution in [2.24, 2.45) is 10.5 Å². The maximum atomic E-state index is 12.1. The Labute approximate surface area is 206 Å². The van der Waals surface area contributed by atoms with Gasteiger partial charge in [-0.2, -0.15) is 5.10 Å². The maximum Gasteiger partial charge on any atom is 0.277 e. The largest absolute Gasteiger partial charge is 0.506 e. The van der Waals surface area contributed by atoms with Gasteiger partial charge in [0.2, 0.25) is 0 Å². The zero-order chi connectivity index (χ0) is 24.3. The molecule has 8 heteroatoms. The molecule has 0 aromatic heterocycles. The summed E-state index contributed by atoms with van der Waals surface area (Å²) in [4.78, 5) is 12.1. The molecule has 0 aliphatic heterocycles. The SMILES string of the molecule is Cc1c(Br)c(O)c(Br)c(O)c1C=NNC(=O)COc1ccc(C(C)(C)CC(C)(C)C)cc1. The van der Waals surface area contributed by atoms with E-state index >= 15 is 0 Å². The molecule has 1 amide bonds. The number of nitrogens with one attached hydrogen (secondary N) is 1.